The van der Waals surface area contributed by atoms with Gasteiger partial charge in [0, 0.05) is 11.3 Å². The normalized spacial score (nSPS) is 15.6. The molecule has 0 unspecified atom stereocenters. The van der Waals surface area contributed by atoms with E-state index < -0.39 is 0 Å². The Morgan fingerprint density at radius 1 is 1.18 bits per heavy atom. The molecule has 0 spiro atoms. The highest BCUT2D eigenvalue weighted by Crippen LogP contribution is 2.08. The molecule has 0 aliphatic carbocycles. The minimum atomic E-state index is -0.0389. The first kappa shape index (κ1) is 14.7. The fourth-order valence-electron chi connectivity index (χ4n) is 2.48. The lowest BCUT2D eigenvalue weighted by molar-refractivity contribution is -0.906. The van der Waals surface area contributed by atoms with Gasteiger partial charge in [0.1, 0.15) is 25.7 Å². The van der Waals surface area contributed by atoms with Crippen LogP contribution in [0, 0.1) is 0 Å². The third-order valence-electron chi connectivity index (χ3n) is 3.81. The van der Waals surface area contributed by atoms with Gasteiger partial charge in [0.2, 0.25) is 0 Å². The Bertz CT molecular complexity index is 591. The number of amides is 1. The first-order valence-electron chi connectivity index (χ1n) is 7.47. The number of nitrogens with one attached hydrogen (secondary N) is 2. The molecular weight excluding hydrogens is 282 g/mol. The van der Waals surface area contributed by atoms with Crippen LogP contribution in [0.5, 0.6) is 0 Å². The smallest absolute Gasteiger partial charge is 0.251 e. The molecule has 1 aromatic carbocycles. The van der Waals surface area contributed by atoms with Crippen molar-refractivity contribution in [2.24, 2.45) is 0 Å². The second kappa shape index (κ2) is 7.15. The van der Waals surface area contributed by atoms with Gasteiger partial charge < -0.3 is 15.0 Å². The van der Waals surface area contributed by atoms with Crippen molar-refractivity contribution >= 4 is 5.91 Å². The van der Waals surface area contributed by atoms with Gasteiger partial charge in [-0.2, -0.15) is 0 Å². The molecule has 7 heteroatoms. The van der Waals surface area contributed by atoms with Gasteiger partial charge in [-0.3, -0.25) is 9.36 Å². The highest BCUT2D eigenvalue weighted by Gasteiger charge is 2.13. The monoisotopic (exact) mass is 302 g/mol. The van der Waals surface area contributed by atoms with Crippen molar-refractivity contribution in [2.45, 2.75) is 0 Å². The molecule has 2 aromatic rings. The summed E-state index contributed by atoms with van der Waals surface area (Å²) in [6.07, 6.45) is 3.25. The summed E-state index contributed by atoms with van der Waals surface area (Å²) in [5.41, 5.74) is 1.59. The molecule has 2 heterocycles. The van der Waals surface area contributed by atoms with E-state index in [4.69, 9.17) is 4.74 Å². The van der Waals surface area contributed by atoms with Crippen LogP contribution in [0.25, 0.3) is 5.69 Å². The SMILES string of the molecule is O=C(NCC[NH+]1CCOCC1)c1ccc(-n2cnnc2)cc1. The highest BCUT2D eigenvalue weighted by molar-refractivity contribution is 5.94. The summed E-state index contributed by atoms with van der Waals surface area (Å²) in [6, 6.07) is 7.38. The Morgan fingerprint density at radius 3 is 2.55 bits per heavy atom. The minimum Gasteiger partial charge on any atom is -0.370 e. The molecule has 0 radical (unpaired) electrons. The van der Waals surface area contributed by atoms with Crippen molar-refractivity contribution in [3.8, 4) is 5.69 Å². The van der Waals surface area contributed by atoms with Gasteiger partial charge in [-0.1, -0.05) is 0 Å². The molecule has 0 bridgehead atoms. The average molecular weight is 302 g/mol. The van der Waals surface area contributed by atoms with Gasteiger partial charge in [-0.15, -0.1) is 10.2 Å². The molecule has 116 valence electrons. The molecule has 22 heavy (non-hydrogen) atoms. The van der Waals surface area contributed by atoms with Crippen LogP contribution < -0.4 is 10.2 Å². The second-order valence-electron chi connectivity index (χ2n) is 5.28. The number of rotatable bonds is 5. The van der Waals surface area contributed by atoms with E-state index in [1.807, 2.05) is 24.3 Å². The third-order valence-corrected chi connectivity index (χ3v) is 3.81. The first-order chi connectivity index (χ1) is 10.8. The summed E-state index contributed by atoms with van der Waals surface area (Å²) in [6.45, 7) is 5.28. The van der Waals surface area contributed by atoms with E-state index in [1.165, 1.54) is 4.90 Å². The zero-order valence-electron chi connectivity index (χ0n) is 12.4. The molecule has 1 fully saturated rings. The van der Waals surface area contributed by atoms with Gasteiger partial charge in [-0.05, 0) is 24.3 Å². The summed E-state index contributed by atoms with van der Waals surface area (Å²) in [5, 5.41) is 10.5. The highest BCUT2D eigenvalue weighted by atomic mass is 16.5. The number of quaternary nitrogens is 1. The maximum absolute atomic E-state index is 12.1. The maximum Gasteiger partial charge on any atom is 0.251 e. The molecule has 1 saturated heterocycles. The lowest BCUT2D eigenvalue weighted by Gasteiger charge is -2.23. The molecule has 0 saturated carbocycles. The summed E-state index contributed by atoms with van der Waals surface area (Å²) < 4.78 is 7.11. The van der Waals surface area contributed by atoms with E-state index in [0.717, 1.165) is 38.5 Å². The van der Waals surface area contributed by atoms with E-state index >= 15 is 0 Å². The first-order valence-corrected chi connectivity index (χ1v) is 7.47. The van der Waals surface area contributed by atoms with Gasteiger partial charge in [0.25, 0.3) is 5.91 Å². The zero-order chi connectivity index (χ0) is 15.2. The number of hydrogen-bond donors (Lipinski definition) is 2. The van der Waals surface area contributed by atoms with Crippen LogP contribution in [0.3, 0.4) is 0 Å². The Morgan fingerprint density at radius 2 is 1.86 bits per heavy atom. The van der Waals surface area contributed by atoms with Crippen molar-refractivity contribution in [1.29, 1.82) is 0 Å². The van der Waals surface area contributed by atoms with E-state index in [9.17, 15) is 4.79 Å². The average Bonchev–Trinajstić information content (AvgIpc) is 3.10. The predicted octanol–water partition coefficient (Wildman–Crippen LogP) is -1.09. The number of morpholine rings is 1. The van der Waals surface area contributed by atoms with Crippen molar-refractivity contribution in [3.63, 3.8) is 0 Å². The topological polar surface area (TPSA) is 73.5 Å². The lowest BCUT2D eigenvalue weighted by Crippen LogP contribution is -3.14. The van der Waals surface area contributed by atoms with Crippen LogP contribution in [0.15, 0.2) is 36.9 Å². The van der Waals surface area contributed by atoms with Crippen LogP contribution in [-0.4, -0.2) is 60.1 Å². The fourth-order valence-corrected chi connectivity index (χ4v) is 2.48. The van der Waals surface area contributed by atoms with E-state index in [0.29, 0.717) is 12.1 Å². The maximum atomic E-state index is 12.1. The molecule has 2 N–H and O–H groups in total. The molecule has 3 rings (SSSR count). The molecular formula is C15H20N5O2+. The third kappa shape index (κ3) is 3.69. The predicted molar refractivity (Wildman–Crippen MR) is 80.1 cm³/mol. The van der Waals surface area contributed by atoms with E-state index in [-0.39, 0.29) is 5.91 Å². The summed E-state index contributed by atoms with van der Waals surface area (Å²) in [4.78, 5) is 13.6. The fraction of sp³-hybridized carbons (Fsp3) is 0.400. The standard InChI is InChI=1S/C15H19N5O2/c21-15(16-5-6-19-7-9-22-10-8-19)13-1-3-14(4-2-13)20-11-17-18-12-20/h1-4,11-12H,5-10H2,(H,16,21)/p+1. The largest absolute Gasteiger partial charge is 0.370 e. The van der Waals surface area contributed by atoms with Gasteiger partial charge in [0.05, 0.1) is 26.3 Å². The second-order valence-corrected chi connectivity index (χ2v) is 5.28. The molecule has 0 atom stereocenters. The zero-order valence-corrected chi connectivity index (χ0v) is 12.4. The van der Waals surface area contributed by atoms with Crippen LogP contribution >= 0.6 is 0 Å². The van der Waals surface area contributed by atoms with Crippen LogP contribution in [0.4, 0.5) is 0 Å². The van der Waals surface area contributed by atoms with Crippen LogP contribution in [0.1, 0.15) is 10.4 Å². The summed E-state index contributed by atoms with van der Waals surface area (Å²) in [5.74, 6) is -0.0389. The van der Waals surface area contributed by atoms with Crippen molar-refractivity contribution in [3.05, 3.63) is 42.5 Å². The van der Waals surface area contributed by atoms with Gasteiger partial charge in [0.15, 0.2) is 0 Å². The van der Waals surface area contributed by atoms with E-state index in [2.05, 4.69) is 15.5 Å². The van der Waals surface area contributed by atoms with E-state index in [1.54, 1.807) is 17.2 Å². The Labute approximate surface area is 128 Å². The quantitative estimate of drug-likeness (QED) is 0.736. The van der Waals surface area contributed by atoms with Crippen LogP contribution in [-0.2, 0) is 4.74 Å². The van der Waals surface area contributed by atoms with Crippen molar-refractivity contribution < 1.29 is 14.4 Å². The summed E-state index contributed by atoms with van der Waals surface area (Å²) in [7, 11) is 0. The van der Waals surface area contributed by atoms with Crippen LogP contribution in [0.2, 0.25) is 0 Å². The van der Waals surface area contributed by atoms with Crippen molar-refractivity contribution in [2.75, 3.05) is 39.4 Å². The summed E-state index contributed by atoms with van der Waals surface area (Å²) >= 11 is 0. The molecule has 1 aliphatic rings. The number of hydrogen-bond acceptors (Lipinski definition) is 4. The minimum absolute atomic E-state index is 0.0389. The Kier molecular flexibility index (Phi) is 4.77. The number of aromatic nitrogens is 3. The number of nitrogens with zero attached hydrogens (tertiary/aromatic N) is 3. The molecule has 1 aliphatic heterocycles. The number of benzene rings is 1. The lowest BCUT2D eigenvalue weighted by atomic mass is 10.2. The molecule has 1 amide bonds. The Hall–Kier alpha value is -2.25. The number of carbonyl (C=O) groups excluding carboxylic acids is 1. The van der Waals surface area contributed by atoms with Gasteiger partial charge >= 0.3 is 0 Å². The number of carbonyl (C=O) groups is 1. The Balaban J connectivity index is 1.49. The molecule has 7 nitrogen and oxygen atoms in total. The molecule has 1 aromatic heterocycles. The number of ether oxygens (including phenoxy) is 1. The van der Waals surface area contributed by atoms with Crippen molar-refractivity contribution in [1.82, 2.24) is 20.1 Å². The van der Waals surface area contributed by atoms with Gasteiger partial charge in [-0.25, -0.2) is 0 Å².